The van der Waals surface area contributed by atoms with E-state index >= 15 is 0 Å². The van der Waals surface area contributed by atoms with Crippen LogP contribution in [0.5, 0.6) is 0 Å². The largest absolute Gasteiger partial charge is 0.354 e. The lowest BCUT2D eigenvalue weighted by Crippen LogP contribution is -2.21. The van der Waals surface area contributed by atoms with E-state index in [-0.39, 0.29) is 0 Å². The zero-order valence-electron chi connectivity index (χ0n) is 11.6. The Morgan fingerprint density at radius 3 is 2.60 bits per heavy atom. The van der Waals surface area contributed by atoms with Gasteiger partial charge in [0.2, 0.25) is 0 Å². The van der Waals surface area contributed by atoms with Crippen molar-refractivity contribution in [1.82, 2.24) is 4.90 Å². The highest BCUT2D eigenvalue weighted by Gasteiger charge is 2.29. The molecule has 2 aromatic rings. The fourth-order valence-electron chi connectivity index (χ4n) is 3.37. The van der Waals surface area contributed by atoms with Crippen LogP contribution in [0.4, 0.5) is 0 Å². The molecule has 2 aliphatic rings. The lowest BCUT2D eigenvalue weighted by atomic mass is 9.79. The van der Waals surface area contributed by atoms with Gasteiger partial charge in [-0.25, -0.2) is 0 Å². The van der Waals surface area contributed by atoms with Gasteiger partial charge in [0.25, 0.3) is 0 Å². The van der Waals surface area contributed by atoms with E-state index in [0.717, 1.165) is 6.42 Å². The fourth-order valence-corrected chi connectivity index (χ4v) is 3.37. The molecule has 1 aliphatic carbocycles. The van der Waals surface area contributed by atoms with Crippen molar-refractivity contribution in [3.8, 4) is 0 Å². The van der Waals surface area contributed by atoms with Crippen LogP contribution < -0.4 is 0 Å². The van der Waals surface area contributed by atoms with Crippen molar-refractivity contribution in [2.45, 2.75) is 12.3 Å². The number of hydrogen-bond acceptors (Lipinski definition) is 1. The molecule has 0 aromatic heterocycles. The van der Waals surface area contributed by atoms with Crippen LogP contribution in [0.1, 0.15) is 28.2 Å². The molecule has 0 N–H and O–H groups in total. The molecule has 0 spiro atoms. The Labute approximate surface area is 119 Å². The van der Waals surface area contributed by atoms with Crippen LogP contribution in [0.15, 0.2) is 66.5 Å². The molecular formula is C19H17N. The number of fused-ring (bicyclic) bond motifs is 5. The molecule has 0 bridgehead atoms. The van der Waals surface area contributed by atoms with E-state index in [0.29, 0.717) is 5.92 Å². The minimum atomic E-state index is 0.358. The Bertz CT molecular complexity index is 724. The maximum Gasteiger partial charge on any atom is 0.0498 e. The standard InChI is InChI=1S/C19H17N/c1-20-13-12-15-7-3-5-9-17(15)19-16-8-4-2-6-14(16)10-11-18(19)20/h2-9,11-13,19H,10H2,1H3. The van der Waals surface area contributed by atoms with Gasteiger partial charge in [-0.3, -0.25) is 0 Å². The van der Waals surface area contributed by atoms with Gasteiger partial charge >= 0.3 is 0 Å². The average Bonchev–Trinajstić information content (AvgIpc) is 2.65. The van der Waals surface area contributed by atoms with Gasteiger partial charge in [0.05, 0.1) is 0 Å². The van der Waals surface area contributed by atoms with Gasteiger partial charge in [0, 0.05) is 24.9 Å². The van der Waals surface area contributed by atoms with Gasteiger partial charge in [-0.1, -0.05) is 54.6 Å². The van der Waals surface area contributed by atoms with Crippen LogP contribution in [0.25, 0.3) is 6.08 Å². The molecule has 0 saturated carbocycles. The van der Waals surface area contributed by atoms with Gasteiger partial charge < -0.3 is 4.90 Å². The zero-order valence-corrected chi connectivity index (χ0v) is 11.6. The second-order valence-corrected chi connectivity index (χ2v) is 5.52. The first-order valence-electron chi connectivity index (χ1n) is 7.12. The smallest absolute Gasteiger partial charge is 0.0498 e. The molecule has 1 heterocycles. The molecule has 2 aromatic carbocycles. The SMILES string of the molecule is CN1C=Cc2ccccc2C2C1=CCc1ccccc12. The summed E-state index contributed by atoms with van der Waals surface area (Å²) in [6, 6.07) is 17.6. The second kappa shape index (κ2) is 4.38. The molecular weight excluding hydrogens is 242 g/mol. The third kappa shape index (κ3) is 1.63. The normalized spacial score (nSPS) is 19.6. The number of hydrogen-bond donors (Lipinski definition) is 0. The first kappa shape index (κ1) is 11.5. The van der Waals surface area contributed by atoms with Gasteiger partial charge in [0.1, 0.15) is 0 Å². The van der Waals surface area contributed by atoms with Crippen molar-refractivity contribution >= 4 is 6.08 Å². The fraction of sp³-hybridized carbons (Fsp3) is 0.158. The van der Waals surface area contributed by atoms with E-state index in [4.69, 9.17) is 0 Å². The first-order chi connectivity index (χ1) is 9.84. The topological polar surface area (TPSA) is 3.24 Å². The Kier molecular flexibility index (Phi) is 2.53. The first-order valence-corrected chi connectivity index (χ1v) is 7.12. The highest BCUT2D eigenvalue weighted by Crippen LogP contribution is 2.42. The molecule has 98 valence electrons. The summed E-state index contributed by atoms with van der Waals surface area (Å²) in [6.07, 6.45) is 7.80. The van der Waals surface area contributed by atoms with Crippen LogP contribution in [0.2, 0.25) is 0 Å². The highest BCUT2D eigenvalue weighted by atomic mass is 15.1. The number of rotatable bonds is 0. The maximum atomic E-state index is 2.37. The van der Waals surface area contributed by atoms with Crippen LogP contribution in [0, 0.1) is 0 Å². The van der Waals surface area contributed by atoms with Crippen molar-refractivity contribution in [3.63, 3.8) is 0 Å². The zero-order chi connectivity index (χ0) is 13.5. The molecule has 1 unspecified atom stereocenters. The summed E-state index contributed by atoms with van der Waals surface area (Å²) in [4.78, 5) is 2.26. The molecule has 1 atom stereocenters. The summed E-state index contributed by atoms with van der Waals surface area (Å²) in [5.74, 6) is 0.358. The molecule has 0 saturated heterocycles. The van der Waals surface area contributed by atoms with E-state index in [2.05, 4.69) is 78.8 Å². The Hall–Kier alpha value is -2.28. The van der Waals surface area contributed by atoms with Crippen molar-refractivity contribution in [1.29, 1.82) is 0 Å². The van der Waals surface area contributed by atoms with Crippen LogP contribution in [-0.4, -0.2) is 11.9 Å². The Morgan fingerprint density at radius 2 is 1.70 bits per heavy atom. The van der Waals surface area contributed by atoms with Crippen LogP contribution >= 0.6 is 0 Å². The summed E-state index contributed by atoms with van der Waals surface area (Å²) < 4.78 is 0. The van der Waals surface area contributed by atoms with E-state index in [1.807, 2.05) is 0 Å². The lowest BCUT2D eigenvalue weighted by Gasteiger charge is -2.31. The monoisotopic (exact) mass is 259 g/mol. The third-order valence-corrected chi connectivity index (χ3v) is 4.38. The Balaban J connectivity index is 1.99. The third-order valence-electron chi connectivity index (χ3n) is 4.38. The van der Waals surface area contributed by atoms with Crippen LogP contribution in [0.3, 0.4) is 0 Å². The molecule has 0 radical (unpaired) electrons. The summed E-state index contributed by atoms with van der Waals surface area (Å²) in [5, 5.41) is 0. The summed E-state index contributed by atoms with van der Waals surface area (Å²) in [7, 11) is 2.15. The number of likely N-dealkylation sites (N-methyl/N-ethyl adjacent to an activating group) is 1. The summed E-state index contributed by atoms with van der Waals surface area (Å²) in [5.41, 5.74) is 7.03. The van der Waals surface area contributed by atoms with Crippen molar-refractivity contribution < 1.29 is 0 Å². The Morgan fingerprint density at radius 1 is 0.950 bits per heavy atom. The van der Waals surface area contributed by atoms with Crippen molar-refractivity contribution in [2.24, 2.45) is 0 Å². The predicted octanol–water partition coefficient (Wildman–Crippen LogP) is 4.17. The molecule has 1 nitrogen and oxygen atoms in total. The molecule has 0 fully saturated rings. The molecule has 20 heavy (non-hydrogen) atoms. The van der Waals surface area contributed by atoms with Gasteiger partial charge in [-0.2, -0.15) is 0 Å². The van der Waals surface area contributed by atoms with Crippen molar-refractivity contribution in [2.75, 3.05) is 7.05 Å². The average molecular weight is 259 g/mol. The second-order valence-electron chi connectivity index (χ2n) is 5.52. The predicted molar refractivity (Wildman–Crippen MR) is 83.3 cm³/mol. The highest BCUT2D eigenvalue weighted by molar-refractivity contribution is 5.62. The minimum absolute atomic E-state index is 0.358. The molecule has 4 rings (SSSR count). The number of benzene rings is 2. The van der Waals surface area contributed by atoms with E-state index < -0.39 is 0 Å². The number of allylic oxidation sites excluding steroid dienone is 2. The minimum Gasteiger partial charge on any atom is -0.354 e. The van der Waals surface area contributed by atoms with E-state index in [1.165, 1.54) is 28.0 Å². The maximum absolute atomic E-state index is 2.37. The summed E-state index contributed by atoms with van der Waals surface area (Å²) >= 11 is 0. The van der Waals surface area contributed by atoms with Gasteiger partial charge in [0.15, 0.2) is 0 Å². The quantitative estimate of drug-likeness (QED) is 0.686. The summed E-state index contributed by atoms with van der Waals surface area (Å²) in [6.45, 7) is 0. The van der Waals surface area contributed by atoms with Gasteiger partial charge in [-0.05, 0) is 34.8 Å². The van der Waals surface area contributed by atoms with E-state index in [9.17, 15) is 0 Å². The van der Waals surface area contributed by atoms with Gasteiger partial charge in [-0.15, -0.1) is 0 Å². The molecule has 1 aliphatic heterocycles. The lowest BCUT2D eigenvalue weighted by molar-refractivity contribution is 0.527. The van der Waals surface area contributed by atoms with E-state index in [1.54, 1.807) is 0 Å². The number of nitrogens with zero attached hydrogens (tertiary/aromatic N) is 1. The molecule has 1 heteroatoms. The van der Waals surface area contributed by atoms with Crippen molar-refractivity contribution in [3.05, 3.63) is 88.8 Å². The van der Waals surface area contributed by atoms with Crippen LogP contribution in [-0.2, 0) is 6.42 Å². The molecule has 0 amide bonds.